The van der Waals surface area contributed by atoms with E-state index >= 15 is 0 Å². The molecule has 1 aliphatic heterocycles. The fourth-order valence-corrected chi connectivity index (χ4v) is 7.05. The van der Waals surface area contributed by atoms with Crippen molar-refractivity contribution in [2.24, 2.45) is 0 Å². The predicted molar refractivity (Wildman–Crippen MR) is 247 cm³/mol. The van der Waals surface area contributed by atoms with Crippen LogP contribution in [0.4, 0.5) is 0 Å². The van der Waals surface area contributed by atoms with Crippen LogP contribution in [-0.2, 0) is 28.5 Å². The zero-order valence-corrected chi connectivity index (χ0v) is 38.4. The molecule has 61 heavy (non-hydrogen) atoms. The van der Waals surface area contributed by atoms with E-state index in [1.165, 1.54) is 116 Å². The van der Waals surface area contributed by atoms with E-state index in [-0.39, 0.29) is 26.1 Å². The van der Waals surface area contributed by atoms with Crippen LogP contribution in [0.2, 0.25) is 0 Å². The van der Waals surface area contributed by atoms with Gasteiger partial charge in [0.2, 0.25) is 0 Å². The summed E-state index contributed by atoms with van der Waals surface area (Å²) in [5, 5.41) is 40.1. The average Bonchev–Trinajstić information content (AvgIpc) is 3.26. The van der Waals surface area contributed by atoms with Crippen LogP contribution in [0.25, 0.3) is 0 Å². The summed E-state index contributed by atoms with van der Waals surface area (Å²) in [7, 11) is 0. The lowest BCUT2D eigenvalue weighted by Crippen LogP contribution is -2.59. The number of aliphatic hydroxyl groups excluding tert-OH is 4. The van der Waals surface area contributed by atoms with Crippen molar-refractivity contribution in [3.63, 3.8) is 0 Å². The molecule has 1 saturated heterocycles. The molecule has 0 saturated carbocycles. The van der Waals surface area contributed by atoms with Gasteiger partial charge < -0.3 is 39.4 Å². The molecule has 1 aliphatic rings. The lowest BCUT2D eigenvalue weighted by Gasteiger charge is -2.39. The topological polar surface area (TPSA) is 152 Å². The van der Waals surface area contributed by atoms with Gasteiger partial charge in [-0.25, -0.2) is 0 Å². The van der Waals surface area contributed by atoms with Crippen molar-refractivity contribution in [3.05, 3.63) is 60.8 Å². The largest absolute Gasteiger partial charge is 0.462 e. The van der Waals surface area contributed by atoms with Crippen molar-refractivity contribution in [2.45, 2.75) is 230 Å². The zero-order valence-electron chi connectivity index (χ0n) is 38.4. The molecule has 0 radical (unpaired) electrons. The van der Waals surface area contributed by atoms with Crippen LogP contribution < -0.4 is 0 Å². The van der Waals surface area contributed by atoms with E-state index in [4.69, 9.17) is 18.9 Å². The molecular formula is C51H88O10. The number of aliphatic hydroxyl groups is 4. The molecule has 0 aliphatic carbocycles. The number of allylic oxidation sites excluding steroid dienone is 10. The Morgan fingerprint density at radius 1 is 0.508 bits per heavy atom. The summed E-state index contributed by atoms with van der Waals surface area (Å²) in [5.74, 6) is -0.899. The van der Waals surface area contributed by atoms with Crippen LogP contribution >= 0.6 is 0 Å². The molecular weight excluding hydrogens is 773 g/mol. The van der Waals surface area contributed by atoms with Gasteiger partial charge in [-0.15, -0.1) is 0 Å². The molecule has 352 valence electrons. The van der Waals surface area contributed by atoms with E-state index in [2.05, 4.69) is 62.5 Å². The highest BCUT2D eigenvalue weighted by atomic mass is 16.7. The third kappa shape index (κ3) is 32.7. The van der Waals surface area contributed by atoms with Gasteiger partial charge >= 0.3 is 11.9 Å². The van der Waals surface area contributed by atoms with Gasteiger partial charge in [-0.2, -0.15) is 0 Å². The third-order valence-corrected chi connectivity index (χ3v) is 10.9. The van der Waals surface area contributed by atoms with Crippen molar-refractivity contribution in [2.75, 3.05) is 19.8 Å². The van der Waals surface area contributed by atoms with Crippen LogP contribution in [0.5, 0.6) is 0 Å². The first kappa shape index (κ1) is 56.4. The number of rotatable bonds is 40. The molecule has 1 fully saturated rings. The lowest BCUT2D eigenvalue weighted by molar-refractivity contribution is -0.305. The summed E-state index contributed by atoms with van der Waals surface area (Å²) >= 11 is 0. The number of carbonyl (C=O) groups excluding carboxylic acids is 2. The van der Waals surface area contributed by atoms with Gasteiger partial charge in [0.25, 0.3) is 0 Å². The zero-order chi connectivity index (χ0) is 44.4. The molecule has 0 aromatic rings. The summed E-state index contributed by atoms with van der Waals surface area (Å²) in [6.07, 6.45) is 43.8. The van der Waals surface area contributed by atoms with E-state index in [0.717, 1.165) is 44.9 Å². The van der Waals surface area contributed by atoms with Gasteiger partial charge in [0.05, 0.1) is 13.2 Å². The molecule has 0 aromatic heterocycles. The Morgan fingerprint density at radius 3 is 1.44 bits per heavy atom. The molecule has 10 nitrogen and oxygen atoms in total. The summed E-state index contributed by atoms with van der Waals surface area (Å²) in [4.78, 5) is 25.4. The number of carbonyl (C=O) groups is 2. The van der Waals surface area contributed by atoms with Gasteiger partial charge in [-0.1, -0.05) is 190 Å². The van der Waals surface area contributed by atoms with Crippen LogP contribution in [0, 0.1) is 0 Å². The second-order valence-corrected chi connectivity index (χ2v) is 16.6. The van der Waals surface area contributed by atoms with Crippen LogP contribution in [0.15, 0.2) is 60.8 Å². The monoisotopic (exact) mass is 861 g/mol. The Bertz CT molecular complexity index is 1180. The SMILES string of the molecule is CCCCC/C=C/C/C=C/C/C=C/C/C=C/C/C=C/CCC(=O)O[C@H](COC(=O)CCCCCCCCCCCCCCCCCCC)CO[C@@H]1O[C@H](CO)[C@H](O)C(O)C1O. The highest BCUT2D eigenvalue weighted by Crippen LogP contribution is 2.22. The molecule has 0 spiro atoms. The highest BCUT2D eigenvalue weighted by molar-refractivity contribution is 5.70. The van der Waals surface area contributed by atoms with Gasteiger partial charge in [-0.3, -0.25) is 9.59 Å². The number of hydrogen-bond donors (Lipinski definition) is 4. The molecule has 4 N–H and O–H groups in total. The maximum absolute atomic E-state index is 12.8. The molecule has 0 aromatic carbocycles. The van der Waals surface area contributed by atoms with Crippen molar-refractivity contribution in [1.82, 2.24) is 0 Å². The first-order chi connectivity index (χ1) is 29.8. The van der Waals surface area contributed by atoms with Crippen LogP contribution in [-0.4, -0.2) is 89.0 Å². The minimum Gasteiger partial charge on any atom is -0.462 e. The fourth-order valence-electron chi connectivity index (χ4n) is 7.05. The maximum atomic E-state index is 12.8. The fraction of sp³-hybridized carbons (Fsp3) is 0.765. The Morgan fingerprint density at radius 2 is 0.951 bits per heavy atom. The Labute approximate surface area is 370 Å². The quantitative estimate of drug-likeness (QED) is 0.0266. The van der Waals surface area contributed by atoms with Crippen LogP contribution in [0.3, 0.4) is 0 Å². The van der Waals surface area contributed by atoms with E-state index in [1.807, 2.05) is 12.2 Å². The van der Waals surface area contributed by atoms with E-state index in [1.54, 1.807) is 0 Å². The number of esters is 2. The summed E-state index contributed by atoms with van der Waals surface area (Å²) in [6.45, 7) is 3.34. The van der Waals surface area contributed by atoms with Crippen molar-refractivity contribution in [3.8, 4) is 0 Å². The predicted octanol–water partition coefficient (Wildman–Crippen LogP) is 11.0. The van der Waals surface area contributed by atoms with Gasteiger partial charge in [-0.05, 0) is 51.4 Å². The van der Waals surface area contributed by atoms with E-state index in [0.29, 0.717) is 6.42 Å². The summed E-state index contributed by atoms with van der Waals surface area (Å²) in [6, 6.07) is 0. The maximum Gasteiger partial charge on any atom is 0.306 e. The molecule has 6 atom stereocenters. The van der Waals surface area contributed by atoms with Crippen molar-refractivity contribution < 1.29 is 49.0 Å². The molecule has 1 heterocycles. The highest BCUT2D eigenvalue weighted by Gasteiger charge is 2.44. The van der Waals surface area contributed by atoms with Crippen molar-refractivity contribution >= 4 is 11.9 Å². The van der Waals surface area contributed by atoms with Crippen molar-refractivity contribution in [1.29, 1.82) is 0 Å². The van der Waals surface area contributed by atoms with E-state index in [9.17, 15) is 30.0 Å². The first-order valence-corrected chi connectivity index (χ1v) is 24.4. The molecule has 1 rings (SSSR count). The van der Waals surface area contributed by atoms with E-state index < -0.39 is 55.4 Å². The number of ether oxygens (including phenoxy) is 4. The third-order valence-electron chi connectivity index (χ3n) is 10.9. The average molecular weight is 861 g/mol. The second kappa shape index (κ2) is 41.4. The van der Waals surface area contributed by atoms with Gasteiger partial charge in [0.1, 0.15) is 31.0 Å². The Hall–Kier alpha value is -2.60. The second-order valence-electron chi connectivity index (χ2n) is 16.6. The number of unbranched alkanes of at least 4 members (excludes halogenated alkanes) is 19. The molecule has 2 unspecified atom stereocenters. The van der Waals surface area contributed by atoms with Gasteiger partial charge in [0.15, 0.2) is 12.4 Å². The number of hydrogen-bond acceptors (Lipinski definition) is 10. The summed E-state index contributed by atoms with van der Waals surface area (Å²) in [5.41, 5.74) is 0. The van der Waals surface area contributed by atoms with Gasteiger partial charge in [0, 0.05) is 12.8 Å². The molecule has 10 heteroatoms. The lowest BCUT2D eigenvalue weighted by atomic mass is 9.99. The summed E-state index contributed by atoms with van der Waals surface area (Å²) < 4.78 is 22.1. The van der Waals surface area contributed by atoms with Crippen LogP contribution in [0.1, 0.15) is 194 Å². The molecule has 0 amide bonds. The Kier molecular flexibility index (Phi) is 38.3. The molecule has 0 bridgehead atoms. The Balaban J connectivity index is 2.35. The smallest absolute Gasteiger partial charge is 0.306 e. The first-order valence-electron chi connectivity index (χ1n) is 24.4. The normalized spacial score (nSPS) is 20.3. The minimum absolute atomic E-state index is 0.106. The minimum atomic E-state index is -1.61. The standard InChI is InChI=1S/C51H88O10/c1-3-5-7-9-11-13-15-17-19-21-22-24-26-28-30-32-34-36-38-40-47(54)60-44(43-59-51-50(57)49(56)48(55)45(41-52)61-51)42-58-46(53)39-37-35-33-31-29-27-25-23-20-18-16-14-12-10-8-6-4-2/h11,13,17,19,22,24,28,30,34,36,44-45,48-52,55-57H,3-10,12,14-16,18,20-21,23,25-27,29,31-33,35,37-43H2,1-2H3/b13-11+,19-17+,24-22+,30-28+,36-34+/t44-,45-,48+,49?,50?,51-/m1/s1.